The highest BCUT2D eigenvalue weighted by atomic mass is 35.5. The van der Waals surface area contributed by atoms with E-state index in [1.807, 2.05) is 31.2 Å². The standard InChI is InChI=1S/C23H17ClN2O4S2/c1-15-9-11-18(12-10-15)32(28,29)26-25-14-16-5-4-6-17(13-16)30-23(27)22-21(24)19-7-2-3-8-20(19)31-22/h2-14,26H,1H3. The Morgan fingerprint density at radius 3 is 2.56 bits per heavy atom. The van der Waals surface area contributed by atoms with E-state index in [9.17, 15) is 13.2 Å². The third kappa shape index (κ3) is 4.83. The van der Waals surface area contributed by atoms with Crippen molar-refractivity contribution in [1.82, 2.24) is 4.83 Å². The van der Waals surface area contributed by atoms with Crippen molar-refractivity contribution in [3.05, 3.63) is 93.8 Å². The van der Waals surface area contributed by atoms with Crippen molar-refractivity contribution < 1.29 is 17.9 Å². The Hall–Kier alpha value is -3.20. The van der Waals surface area contributed by atoms with Gasteiger partial charge >= 0.3 is 5.97 Å². The number of ether oxygens (including phenoxy) is 1. The lowest BCUT2D eigenvalue weighted by Gasteiger charge is -2.05. The van der Waals surface area contributed by atoms with E-state index in [2.05, 4.69) is 9.93 Å². The molecule has 4 rings (SSSR count). The first-order valence-electron chi connectivity index (χ1n) is 9.44. The summed E-state index contributed by atoms with van der Waals surface area (Å²) in [6.07, 6.45) is 1.33. The molecule has 3 aromatic carbocycles. The maximum atomic E-state index is 12.6. The average molecular weight is 485 g/mol. The molecule has 0 unspecified atom stereocenters. The molecule has 0 saturated carbocycles. The van der Waals surface area contributed by atoms with Crippen LogP contribution in [-0.4, -0.2) is 20.6 Å². The minimum atomic E-state index is -3.78. The molecule has 1 heterocycles. The van der Waals surface area contributed by atoms with Crippen LogP contribution in [0.4, 0.5) is 0 Å². The lowest BCUT2D eigenvalue weighted by Crippen LogP contribution is -2.18. The first-order valence-corrected chi connectivity index (χ1v) is 12.1. The van der Waals surface area contributed by atoms with Crippen molar-refractivity contribution >= 4 is 55.2 Å². The minimum Gasteiger partial charge on any atom is -0.422 e. The number of carbonyl (C=O) groups is 1. The molecule has 0 atom stereocenters. The number of thiophene rings is 1. The van der Waals surface area contributed by atoms with E-state index in [1.54, 1.807) is 36.4 Å². The number of hydrogen-bond donors (Lipinski definition) is 1. The van der Waals surface area contributed by atoms with Gasteiger partial charge in [0.2, 0.25) is 0 Å². The number of hydrogen-bond acceptors (Lipinski definition) is 6. The van der Waals surface area contributed by atoms with Gasteiger partial charge in [-0.2, -0.15) is 13.5 Å². The Bertz CT molecular complexity index is 1430. The Kier molecular flexibility index (Phi) is 6.27. The van der Waals surface area contributed by atoms with Crippen LogP contribution in [0.3, 0.4) is 0 Å². The normalized spacial score (nSPS) is 11.7. The molecule has 9 heteroatoms. The number of sulfonamides is 1. The number of fused-ring (bicyclic) bond motifs is 1. The summed E-state index contributed by atoms with van der Waals surface area (Å²) in [6, 6.07) is 20.5. The second-order valence-electron chi connectivity index (χ2n) is 6.87. The Labute approximate surface area is 194 Å². The van der Waals surface area contributed by atoms with Crippen LogP contribution in [0, 0.1) is 6.92 Å². The van der Waals surface area contributed by atoms with E-state index < -0.39 is 16.0 Å². The number of aryl methyl sites for hydroxylation is 1. The summed E-state index contributed by atoms with van der Waals surface area (Å²) in [5.41, 5.74) is 1.50. The van der Waals surface area contributed by atoms with E-state index >= 15 is 0 Å². The van der Waals surface area contributed by atoms with Crippen molar-refractivity contribution in [2.45, 2.75) is 11.8 Å². The van der Waals surface area contributed by atoms with Crippen molar-refractivity contribution in [2.24, 2.45) is 5.10 Å². The molecule has 162 valence electrons. The maximum Gasteiger partial charge on any atom is 0.355 e. The van der Waals surface area contributed by atoms with E-state index in [0.717, 1.165) is 15.6 Å². The van der Waals surface area contributed by atoms with Crippen LogP contribution in [0.1, 0.15) is 20.8 Å². The van der Waals surface area contributed by atoms with Gasteiger partial charge in [0.25, 0.3) is 10.0 Å². The summed E-state index contributed by atoms with van der Waals surface area (Å²) in [5.74, 6) is -0.278. The zero-order valence-electron chi connectivity index (χ0n) is 16.8. The predicted molar refractivity (Wildman–Crippen MR) is 127 cm³/mol. The minimum absolute atomic E-state index is 0.114. The van der Waals surface area contributed by atoms with Crippen LogP contribution >= 0.6 is 22.9 Å². The molecule has 4 aromatic rings. The van der Waals surface area contributed by atoms with E-state index in [1.165, 1.54) is 29.7 Å². The number of rotatable bonds is 6. The highest BCUT2D eigenvalue weighted by Gasteiger charge is 2.19. The molecule has 1 aromatic heterocycles. The zero-order valence-corrected chi connectivity index (χ0v) is 19.2. The summed E-state index contributed by atoms with van der Waals surface area (Å²) in [5, 5.41) is 4.97. The molecule has 0 aliphatic carbocycles. The van der Waals surface area contributed by atoms with E-state index in [-0.39, 0.29) is 10.6 Å². The summed E-state index contributed by atoms with van der Waals surface area (Å²) >= 11 is 7.60. The van der Waals surface area contributed by atoms with Crippen LogP contribution < -0.4 is 9.57 Å². The first-order chi connectivity index (χ1) is 15.3. The number of carbonyl (C=O) groups excluding carboxylic acids is 1. The van der Waals surface area contributed by atoms with Gasteiger partial charge in [-0.3, -0.25) is 0 Å². The van der Waals surface area contributed by atoms with Crippen molar-refractivity contribution in [3.8, 4) is 5.75 Å². The van der Waals surface area contributed by atoms with Gasteiger partial charge in [-0.05, 0) is 42.8 Å². The van der Waals surface area contributed by atoms with Crippen LogP contribution in [0.15, 0.2) is 82.8 Å². The second kappa shape index (κ2) is 9.12. The van der Waals surface area contributed by atoms with Crippen LogP contribution in [0.25, 0.3) is 10.1 Å². The zero-order chi connectivity index (χ0) is 22.7. The number of nitrogens with one attached hydrogen (secondary N) is 1. The molecule has 0 bridgehead atoms. The molecule has 0 fully saturated rings. The largest absolute Gasteiger partial charge is 0.422 e. The number of halogens is 1. The molecular formula is C23H17ClN2O4S2. The summed E-state index contributed by atoms with van der Waals surface area (Å²) < 4.78 is 31.0. The first kappa shape index (κ1) is 22.0. The van der Waals surface area contributed by atoms with E-state index in [0.29, 0.717) is 15.5 Å². The Balaban J connectivity index is 1.46. The molecular weight excluding hydrogens is 468 g/mol. The molecule has 1 N–H and O–H groups in total. The highest BCUT2D eigenvalue weighted by molar-refractivity contribution is 7.89. The summed E-state index contributed by atoms with van der Waals surface area (Å²) in [4.78, 5) is 15.2. The number of esters is 1. The van der Waals surface area contributed by atoms with Gasteiger partial charge in [-0.15, -0.1) is 11.3 Å². The van der Waals surface area contributed by atoms with Crippen LogP contribution in [0.5, 0.6) is 5.75 Å². The average Bonchev–Trinajstić information content (AvgIpc) is 3.11. The fraction of sp³-hybridized carbons (Fsp3) is 0.0435. The molecule has 0 spiro atoms. The number of nitrogens with zero attached hydrogens (tertiary/aromatic N) is 1. The fourth-order valence-corrected chi connectivity index (χ4v) is 5.07. The predicted octanol–water partition coefficient (Wildman–Crippen LogP) is 5.39. The van der Waals surface area contributed by atoms with Gasteiger partial charge in [0.15, 0.2) is 0 Å². The van der Waals surface area contributed by atoms with Gasteiger partial charge in [0.05, 0.1) is 16.1 Å². The van der Waals surface area contributed by atoms with Crippen molar-refractivity contribution in [2.75, 3.05) is 0 Å². The van der Waals surface area contributed by atoms with Gasteiger partial charge < -0.3 is 4.74 Å². The quantitative estimate of drug-likeness (QED) is 0.172. The van der Waals surface area contributed by atoms with Crippen LogP contribution in [-0.2, 0) is 10.0 Å². The highest BCUT2D eigenvalue weighted by Crippen LogP contribution is 2.35. The third-order valence-corrected chi connectivity index (χ3v) is 7.40. The molecule has 0 amide bonds. The monoisotopic (exact) mass is 484 g/mol. The lowest BCUT2D eigenvalue weighted by molar-refractivity contribution is 0.0740. The van der Waals surface area contributed by atoms with Crippen molar-refractivity contribution in [3.63, 3.8) is 0 Å². The molecule has 0 radical (unpaired) electrons. The molecule has 32 heavy (non-hydrogen) atoms. The van der Waals surface area contributed by atoms with Crippen molar-refractivity contribution in [1.29, 1.82) is 0 Å². The summed E-state index contributed by atoms with van der Waals surface area (Å²) in [6.45, 7) is 1.87. The van der Waals surface area contributed by atoms with Gasteiger partial charge in [-0.25, -0.2) is 9.63 Å². The number of benzene rings is 3. The number of hydrazone groups is 1. The SMILES string of the molecule is Cc1ccc(S(=O)(=O)NN=Cc2cccc(OC(=O)c3sc4ccccc4c3Cl)c2)cc1. The van der Waals surface area contributed by atoms with Gasteiger partial charge in [-0.1, -0.05) is 59.6 Å². The molecule has 6 nitrogen and oxygen atoms in total. The molecule has 0 saturated heterocycles. The van der Waals surface area contributed by atoms with E-state index in [4.69, 9.17) is 16.3 Å². The summed E-state index contributed by atoms with van der Waals surface area (Å²) in [7, 11) is -3.78. The van der Waals surface area contributed by atoms with Gasteiger partial charge in [0.1, 0.15) is 10.6 Å². The van der Waals surface area contributed by atoms with Gasteiger partial charge in [0, 0.05) is 10.1 Å². The third-order valence-electron chi connectivity index (χ3n) is 4.51. The second-order valence-corrected chi connectivity index (χ2v) is 9.96. The topological polar surface area (TPSA) is 84.8 Å². The maximum absolute atomic E-state index is 12.6. The van der Waals surface area contributed by atoms with Crippen LogP contribution in [0.2, 0.25) is 5.02 Å². The fourth-order valence-electron chi connectivity index (χ4n) is 2.90. The Morgan fingerprint density at radius 1 is 1.06 bits per heavy atom. The lowest BCUT2D eigenvalue weighted by atomic mass is 10.2. The smallest absolute Gasteiger partial charge is 0.355 e. The molecule has 0 aliphatic rings. The molecule has 0 aliphatic heterocycles. The Morgan fingerprint density at radius 2 is 1.81 bits per heavy atom.